The highest BCUT2D eigenvalue weighted by Crippen LogP contribution is 2.30. The van der Waals surface area contributed by atoms with Gasteiger partial charge in [0.2, 0.25) is 0 Å². The van der Waals surface area contributed by atoms with Gasteiger partial charge in [-0.3, -0.25) is 9.59 Å². The molecule has 0 aromatic heterocycles. The molecule has 0 aromatic rings. The average Bonchev–Trinajstić information content (AvgIpc) is 2.37. The van der Waals surface area contributed by atoms with E-state index in [4.69, 9.17) is 9.47 Å². The van der Waals surface area contributed by atoms with Crippen molar-refractivity contribution in [2.75, 3.05) is 13.2 Å². The Morgan fingerprint density at radius 1 is 1.00 bits per heavy atom. The smallest absolute Gasteiger partial charge is 0.320 e. The number of carbonyl (C=O) groups excluding carboxylic acids is 2. The molecule has 1 aliphatic rings. The van der Waals surface area contributed by atoms with Crippen LogP contribution in [0.2, 0.25) is 0 Å². The molecule has 0 unspecified atom stereocenters. The molecule has 1 aliphatic carbocycles. The lowest BCUT2D eigenvalue weighted by molar-refractivity contribution is -0.162. The first-order valence-electron chi connectivity index (χ1n) is 7.02. The first kappa shape index (κ1) is 15.0. The second kappa shape index (κ2) is 8.11. The fraction of sp³-hybridized carbons (Fsp3) is 0.857. The van der Waals surface area contributed by atoms with Gasteiger partial charge in [-0.15, -0.1) is 0 Å². The predicted molar refractivity (Wildman–Crippen MR) is 67.9 cm³/mol. The van der Waals surface area contributed by atoms with Crippen LogP contribution in [0.3, 0.4) is 0 Å². The van der Waals surface area contributed by atoms with E-state index >= 15 is 0 Å². The van der Waals surface area contributed by atoms with E-state index in [9.17, 15) is 9.59 Å². The zero-order chi connectivity index (χ0) is 13.4. The van der Waals surface area contributed by atoms with Crippen LogP contribution in [0, 0.1) is 11.8 Å². The molecule has 18 heavy (non-hydrogen) atoms. The number of ether oxygens (including phenoxy) is 2. The van der Waals surface area contributed by atoms with Crippen molar-refractivity contribution in [2.45, 2.75) is 52.4 Å². The minimum absolute atomic E-state index is 0.305. The summed E-state index contributed by atoms with van der Waals surface area (Å²) in [5, 5.41) is 0. The molecule has 0 atom stereocenters. The second-order valence-corrected chi connectivity index (χ2v) is 4.80. The van der Waals surface area contributed by atoms with E-state index in [0.29, 0.717) is 25.6 Å². The summed E-state index contributed by atoms with van der Waals surface area (Å²) in [7, 11) is 0. The van der Waals surface area contributed by atoms with Gasteiger partial charge in [-0.25, -0.2) is 0 Å². The summed E-state index contributed by atoms with van der Waals surface area (Å²) in [5.74, 6) is -1.13. The fourth-order valence-corrected chi connectivity index (χ4v) is 2.53. The molecule has 1 fully saturated rings. The zero-order valence-corrected chi connectivity index (χ0v) is 11.4. The van der Waals surface area contributed by atoms with E-state index in [-0.39, 0.29) is 0 Å². The summed E-state index contributed by atoms with van der Waals surface area (Å²) >= 11 is 0. The van der Waals surface area contributed by atoms with Gasteiger partial charge in [-0.2, -0.15) is 0 Å². The average molecular weight is 256 g/mol. The van der Waals surface area contributed by atoms with Crippen molar-refractivity contribution < 1.29 is 19.1 Å². The molecule has 1 rings (SSSR count). The van der Waals surface area contributed by atoms with E-state index in [1.54, 1.807) is 13.8 Å². The Hall–Kier alpha value is -1.06. The molecule has 4 nitrogen and oxygen atoms in total. The third-order valence-electron chi connectivity index (χ3n) is 3.44. The topological polar surface area (TPSA) is 52.6 Å². The second-order valence-electron chi connectivity index (χ2n) is 4.80. The van der Waals surface area contributed by atoms with Gasteiger partial charge in [-0.05, 0) is 26.2 Å². The summed E-state index contributed by atoms with van der Waals surface area (Å²) in [6.45, 7) is 4.11. The molecule has 0 radical (unpaired) electrons. The Bertz CT molecular complexity index is 251. The number of esters is 2. The van der Waals surface area contributed by atoms with Gasteiger partial charge in [-0.1, -0.05) is 32.1 Å². The van der Waals surface area contributed by atoms with Crippen LogP contribution in [-0.4, -0.2) is 25.2 Å². The molecule has 0 aliphatic heterocycles. The quantitative estimate of drug-likeness (QED) is 0.541. The molecule has 0 bridgehead atoms. The molecule has 0 heterocycles. The van der Waals surface area contributed by atoms with Crippen LogP contribution < -0.4 is 0 Å². The Morgan fingerprint density at radius 3 is 1.94 bits per heavy atom. The van der Waals surface area contributed by atoms with Gasteiger partial charge in [0.05, 0.1) is 13.2 Å². The highest BCUT2D eigenvalue weighted by Gasteiger charge is 2.32. The van der Waals surface area contributed by atoms with Crippen molar-refractivity contribution in [1.82, 2.24) is 0 Å². The summed E-state index contributed by atoms with van der Waals surface area (Å²) in [6, 6.07) is 0. The van der Waals surface area contributed by atoms with E-state index < -0.39 is 17.9 Å². The highest BCUT2D eigenvalue weighted by atomic mass is 16.6. The van der Waals surface area contributed by atoms with Crippen LogP contribution >= 0.6 is 0 Å². The fourth-order valence-electron chi connectivity index (χ4n) is 2.53. The van der Waals surface area contributed by atoms with Crippen molar-refractivity contribution in [3.05, 3.63) is 0 Å². The molecular formula is C14H24O4. The van der Waals surface area contributed by atoms with Crippen LogP contribution in [-0.2, 0) is 19.1 Å². The van der Waals surface area contributed by atoms with Crippen LogP contribution in [0.5, 0.6) is 0 Å². The summed E-state index contributed by atoms with van der Waals surface area (Å²) in [6.07, 6.45) is 6.45. The van der Waals surface area contributed by atoms with Gasteiger partial charge in [0.1, 0.15) is 0 Å². The number of carbonyl (C=O) groups is 2. The molecule has 4 heteroatoms. The highest BCUT2D eigenvalue weighted by molar-refractivity contribution is 5.94. The molecule has 0 amide bonds. The Morgan fingerprint density at radius 2 is 1.50 bits per heavy atom. The monoisotopic (exact) mass is 256 g/mol. The van der Waals surface area contributed by atoms with Crippen molar-refractivity contribution in [2.24, 2.45) is 11.8 Å². The molecular weight excluding hydrogens is 232 g/mol. The van der Waals surface area contributed by atoms with Crippen LogP contribution in [0.1, 0.15) is 52.4 Å². The number of hydrogen-bond acceptors (Lipinski definition) is 4. The first-order chi connectivity index (χ1) is 8.69. The molecule has 0 aromatic carbocycles. The van der Waals surface area contributed by atoms with Gasteiger partial charge in [0.25, 0.3) is 0 Å². The van der Waals surface area contributed by atoms with E-state index in [0.717, 1.165) is 12.8 Å². The van der Waals surface area contributed by atoms with Gasteiger partial charge < -0.3 is 9.47 Å². The third-order valence-corrected chi connectivity index (χ3v) is 3.44. The van der Waals surface area contributed by atoms with Gasteiger partial charge >= 0.3 is 11.9 Å². The SMILES string of the molecule is CCOC(=O)C(CC1CCCCC1)C(=O)OCC. The third kappa shape index (κ3) is 4.67. The molecule has 0 spiro atoms. The Balaban J connectivity index is 2.57. The van der Waals surface area contributed by atoms with Crippen molar-refractivity contribution in [1.29, 1.82) is 0 Å². The number of rotatable bonds is 6. The molecule has 0 N–H and O–H groups in total. The van der Waals surface area contributed by atoms with E-state index in [1.807, 2.05) is 0 Å². The maximum Gasteiger partial charge on any atom is 0.320 e. The largest absolute Gasteiger partial charge is 0.465 e. The van der Waals surface area contributed by atoms with Crippen LogP contribution in [0.15, 0.2) is 0 Å². The first-order valence-corrected chi connectivity index (χ1v) is 7.02. The van der Waals surface area contributed by atoms with Crippen molar-refractivity contribution in [3.63, 3.8) is 0 Å². The standard InChI is InChI=1S/C14H24O4/c1-3-17-13(15)12(14(16)18-4-2)10-11-8-6-5-7-9-11/h11-12H,3-10H2,1-2H3. The van der Waals surface area contributed by atoms with Crippen LogP contribution in [0.25, 0.3) is 0 Å². The summed E-state index contributed by atoms with van der Waals surface area (Å²) in [4.78, 5) is 23.6. The molecule has 1 saturated carbocycles. The molecule has 0 saturated heterocycles. The van der Waals surface area contributed by atoms with Crippen molar-refractivity contribution in [3.8, 4) is 0 Å². The number of hydrogen-bond donors (Lipinski definition) is 0. The van der Waals surface area contributed by atoms with Gasteiger partial charge in [0.15, 0.2) is 5.92 Å². The lowest BCUT2D eigenvalue weighted by Gasteiger charge is -2.24. The van der Waals surface area contributed by atoms with Crippen molar-refractivity contribution >= 4 is 11.9 Å². The van der Waals surface area contributed by atoms with Crippen LogP contribution in [0.4, 0.5) is 0 Å². The zero-order valence-electron chi connectivity index (χ0n) is 11.4. The summed E-state index contributed by atoms with van der Waals surface area (Å²) < 4.78 is 9.95. The van der Waals surface area contributed by atoms with Gasteiger partial charge in [0, 0.05) is 0 Å². The maximum absolute atomic E-state index is 11.8. The maximum atomic E-state index is 11.8. The van der Waals surface area contributed by atoms with E-state index in [2.05, 4.69) is 0 Å². The minimum Gasteiger partial charge on any atom is -0.465 e. The minimum atomic E-state index is -0.729. The Labute approximate surface area is 109 Å². The molecule has 104 valence electrons. The lowest BCUT2D eigenvalue weighted by Crippen LogP contribution is -2.30. The lowest BCUT2D eigenvalue weighted by atomic mass is 9.83. The van der Waals surface area contributed by atoms with E-state index in [1.165, 1.54) is 19.3 Å². The Kier molecular flexibility index (Phi) is 6.76. The normalized spacial score (nSPS) is 16.6. The summed E-state index contributed by atoms with van der Waals surface area (Å²) in [5.41, 5.74) is 0. The predicted octanol–water partition coefficient (Wildman–Crippen LogP) is 2.70.